The van der Waals surface area contributed by atoms with Gasteiger partial charge in [-0.1, -0.05) is 5.21 Å². The lowest BCUT2D eigenvalue weighted by Crippen LogP contribution is -2.29. The molecule has 1 saturated heterocycles. The van der Waals surface area contributed by atoms with Crippen molar-refractivity contribution < 1.29 is 9.90 Å². The minimum Gasteiger partial charge on any atom is -0.478 e. The molecule has 1 aliphatic heterocycles. The molecule has 1 aliphatic rings. The molecule has 6 heteroatoms. The fourth-order valence-electron chi connectivity index (χ4n) is 2.64. The summed E-state index contributed by atoms with van der Waals surface area (Å²) >= 11 is 0. The van der Waals surface area contributed by atoms with Crippen molar-refractivity contribution in [3.8, 4) is 0 Å². The third-order valence-electron chi connectivity index (χ3n) is 3.82. The molecule has 0 spiro atoms. The molecule has 19 heavy (non-hydrogen) atoms. The Kier molecular flexibility index (Phi) is 2.94. The maximum atomic E-state index is 11.0. The highest BCUT2D eigenvalue weighted by Gasteiger charge is 2.22. The Labute approximate surface area is 110 Å². The van der Waals surface area contributed by atoms with Crippen molar-refractivity contribution in [2.24, 2.45) is 0 Å². The number of carbonyl (C=O) groups is 1. The molecule has 1 fully saturated rings. The fourth-order valence-corrected chi connectivity index (χ4v) is 2.64. The van der Waals surface area contributed by atoms with Crippen molar-refractivity contribution in [2.75, 3.05) is 13.6 Å². The predicted molar refractivity (Wildman–Crippen MR) is 70.1 cm³/mol. The van der Waals surface area contributed by atoms with Crippen LogP contribution in [0.15, 0.2) is 18.2 Å². The number of hydrogen-bond acceptors (Lipinski definition) is 4. The summed E-state index contributed by atoms with van der Waals surface area (Å²) in [6, 6.07) is 5.37. The summed E-state index contributed by atoms with van der Waals surface area (Å²) < 4.78 is 1.81. The van der Waals surface area contributed by atoms with E-state index in [2.05, 4.69) is 22.3 Å². The van der Waals surface area contributed by atoms with Gasteiger partial charge in [0.1, 0.15) is 5.52 Å². The number of likely N-dealkylation sites (N-methyl/N-ethyl adjacent to an activating group) is 1. The van der Waals surface area contributed by atoms with Crippen LogP contribution in [-0.2, 0) is 6.54 Å². The van der Waals surface area contributed by atoms with Gasteiger partial charge in [0.2, 0.25) is 0 Å². The van der Waals surface area contributed by atoms with Gasteiger partial charge in [0, 0.05) is 6.04 Å². The van der Waals surface area contributed by atoms with Crippen LogP contribution in [0.4, 0.5) is 0 Å². The first-order chi connectivity index (χ1) is 9.15. The topological polar surface area (TPSA) is 71.2 Å². The number of benzene rings is 1. The van der Waals surface area contributed by atoms with Gasteiger partial charge in [-0.25, -0.2) is 9.48 Å². The van der Waals surface area contributed by atoms with Crippen molar-refractivity contribution in [1.82, 2.24) is 19.9 Å². The van der Waals surface area contributed by atoms with Crippen LogP contribution >= 0.6 is 0 Å². The van der Waals surface area contributed by atoms with Crippen LogP contribution in [0.25, 0.3) is 11.0 Å². The Balaban J connectivity index is 1.94. The van der Waals surface area contributed by atoms with Crippen LogP contribution in [0, 0.1) is 0 Å². The lowest BCUT2D eigenvalue weighted by atomic mass is 10.2. The van der Waals surface area contributed by atoms with E-state index < -0.39 is 5.97 Å². The maximum absolute atomic E-state index is 11.0. The van der Waals surface area contributed by atoms with Gasteiger partial charge < -0.3 is 10.0 Å². The number of aromatic carboxylic acids is 1. The molecule has 0 aliphatic carbocycles. The maximum Gasteiger partial charge on any atom is 0.335 e. The van der Waals surface area contributed by atoms with Gasteiger partial charge in [0.25, 0.3) is 0 Å². The molecule has 3 rings (SSSR count). The minimum atomic E-state index is -0.923. The van der Waals surface area contributed by atoms with Crippen molar-refractivity contribution in [2.45, 2.75) is 25.4 Å². The highest BCUT2D eigenvalue weighted by molar-refractivity contribution is 5.92. The molecule has 0 amide bonds. The first-order valence-corrected chi connectivity index (χ1v) is 6.42. The zero-order valence-corrected chi connectivity index (χ0v) is 10.8. The van der Waals surface area contributed by atoms with Crippen molar-refractivity contribution in [1.29, 1.82) is 0 Å². The van der Waals surface area contributed by atoms with E-state index in [4.69, 9.17) is 5.11 Å². The number of rotatable bonds is 3. The molecule has 0 radical (unpaired) electrons. The van der Waals surface area contributed by atoms with Gasteiger partial charge in [-0.05, 0) is 44.6 Å². The van der Waals surface area contributed by atoms with Gasteiger partial charge in [-0.15, -0.1) is 5.10 Å². The first-order valence-electron chi connectivity index (χ1n) is 6.42. The van der Waals surface area contributed by atoms with Gasteiger partial charge in [0.15, 0.2) is 0 Å². The van der Waals surface area contributed by atoms with Crippen LogP contribution in [0.5, 0.6) is 0 Å². The molecule has 2 aromatic rings. The number of hydrogen-bond donors (Lipinski definition) is 1. The Morgan fingerprint density at radius 1 is 1.53 bits per heavy atom. The number of fused-ring (bicyclic) bond motifs is 1. The number of carboxylic acid groups (broad SMARTS) is 1. The van der Waals surface area contributed by atoms with Gasteiger partial charge in [-0.3, -0.25) is 0 Å². The summed E-state index contributed by atoms with van der Waals surface area (Å²) in [5.74, 6) is -0.923. The molecule has 1 atom stereocenters. The third kappa shape index (κ3) is 2.19. The van der Waals surface area contributed by atoms with E-state index in [1.807, 2.05) is 4.68 Å². The molecule has 1 aromatic heterocycles. The van der Waals surface area contributed by atoms with Crippen LogP contribution in [-0.4, -0.2) is 50.6 Å². The molecule has 1 N–H and O–H groups in total. The van der Waals surface area contributed by atoms with E-state index in [0.717, 1.165) is 30.5 Å². The Morgan fingerprint density at radius 2 is 2.37 bits per heavy atom. The van der Waals surface area contributed by atoms with Gasteiger partial charge in [0.05, 0.1) is 17.6 Å². The molecule has 100 valence electrons. The van der Waals surface area contributed by atoms with Gasteiger partial charge >= 0.3 is 5.97 Å². The average Bonchev–Trinajstić information content (AvgIpc) is 2.97. The number of likely N-dealkylation sites (tertiary alicyclic amines) is 1. The highest BCUT2D eigenvalue weighted by atomic mass is 16.4. The lowest BCUT2D eigenvalue weighted by Gasteiger charge is -2.19. The summed E-state index contributed by atoms with van der Waals surface area (Å²) in [7, 11) is 2.11. The molecule has 0 bridgehead atoms. The minimum absolute atomic E-state index is 0.274. The Morgan fingerprint density at radius 3 is 3.05 bits per heavy atom. The molecule has 2 heterocycles. The van der Waals surface area contributed by atoms with E-state index >= 15 is 0 Å². The molecule has 0 saturated carbocycles. The van der Waals surface area contributed by atoms with E-state index in [-0.39, 0.29) is 5.56 Å². The van der Waals surface area contributed by atoms with E-state index in [0.29, 0.717) is 6.04 Å². The summed E-state index contributed by atoms with van der Waals surface area (Å²) in [5, 5.41) is 17.3. The van der Waals surface area contributed by atoms with Crippen LogP contribution in [0.2, 0.25) is 0 Å². The molecule has 6 nitrogen and oxygen atoms in total. The summed E-state index contributed by atoms with van der Waals surface area (Å²) in [6.07, 6.45) is 2.35. The van der Waals surface area contributed by atoms with Crippen LogP contribution < -0.4 is 0 Å². The van der Waals surface area contributed by atoms with Gasteiger partial charge in [-0.2, -0.15) is 0 Å². The summed E-state index contributed by atoms with van der Waals surface area (Å²) in [4.78, 5) is 13.3. The van der Waals surface area contributed by atoms with E-state index in [9.17, 15) is 4.79 Å². The second kappa shape index (κ2) is 4.62. The molecular formula is C13H16N4O2. The normalized spacial score (nSPS) is 20.2. The van der Waals surface area contributed by atoms with Crippen LogP contribution in [0.3, 0.4) is 0 Å². The second-order valence-electron chi connectivity index (χ2n) is 5.06. The SMILES string of the molecule is CN1CCCC1Cn1nnc2ccc(C(=O)O)cc21. The second-order valence-corrected chi connectivity index (χ2v) is 5.06. The summed E-state index contributed by atoms with van der Waals surface area (Å²) in [6.45, 7) is 1.87. The van der Waals surface area contributed by atoms with Crippen molar-refractivity contribution in [3.63, 3.8) is 0 Å². The predicted octanol–water partition coefficient (Wildman–Crippen LogP) is 1.22. The number of nitrogens with zero attached hydrogens (tertiary/aromatic N) is 4. The van der Waals surface area contributed by atoms with Crippen molar-refractivity contribution in [3.05, 3.63) is 23.8 Å². The standard InChI is InChI=1S/C13H16N4O2/c1-16-6-2-3-10(16)8-17-12-7-9(13(18)19)4-5-11(12)14-15-17/h4-5,7,10H,2-3,6,8H2,1H3,(H,18,19). The zero-order chi connectivity index (χ0) is 13.4. The van der Waals surface area contributed by atoms with Crippen molar-refractivity contribution >= 4 is 17.0 Å². The molecular weight excluding hydrogens is 244 g/mol. The Bertz CT molecular complexity index is 622. The highest BCUT2D eigenvalue weighted by Crippen LogP contribution is 2.19. The van der Waals surface area contributed by atoms with E-state index in [1.54, 1.807) is 18.2 Å². The largest absolute Gasteiger partial charge is 0.478 e. The smallest absolute Gasteiger partial charge is 0.335 e. The Hall–Kier alpha value is -1.95. The number of aromatic nitrogens is 3. The molecule has 1 unspecified atom stereocenters. The fraction of sp³-hybridized carbons (Fsp3) is 0.462. The summed E-state index contributed by atoms with van der Waals surface area (Å²) in [5.41, 5.74) is 1.81. The number of carboxylic acids is 1. The lowest BCUT2D eigenvalue weighted by molar-refractivity contribution is 0.0697. The average molecular weight is 260 g/mol. The zero-order valence-electron chi connectivity index (χ0n) is 10.8. The first kappa shape index (κ1) is 12.1. The molecule has 1 aromatic carbocycles. The monoisotopic (exact) mass is 260 g/mol. The third-order valence-corrected chi connectivity index (χ3v) is 3.82. The van der Waals surface area contributed by atoms with Crippen LogP contribution in [0.1, 0.15) is 23.2 Å². The van der Waals surface area contributed by atoms with E-state index in [1.165, 1.54) is 6.42 Å². The quantitative estimate of drug-likeness (QED) is 0.898.